The highest BCUT2D eigenvalue weighted by atomic mass is 16.3. The van der Waals surface area contributed by atoms with E-state index >= 15 is 0 Å². The van der Waals surface area contributed by atoms with Gasteiger partial charge < -0.3 is 10.2 Å². The zero-order valence-corrected chi connectivity index (χ0v) is 11.3. The fraction of sp³-hybridized carbons (Fsp3) is 0.111. The SMILES string of the molecule is C=CCc1cc(-c2cccc(O)c2CC=C)ccc1O. The lowest BCUT2D eigenvalue weighted by molar-refractivity contribution is 0.470. The van der Waals surface area contributed by atoms with Crippen molar-refractivity contribution in [2.24, 2.45) is 0 Å². The second-order valence-electron chi connectivity index (χ2n) is 4.63. The van der Waals surface area contributed by atoms with Crippen LogP contribution in [0.3, 0.4) is 0 Å². The monoisotopic (exact) mass is 266 g/mol. The molecule has 0 aromatic heterocycles. The van der Waals surface area contributed by atoms with Crippen molar-refractivity contribution in [1.82, 2.24) is 0 Å². The van der Waals surface area contributed by atoms with Crippen molar-refractivity contribution in [3.63, 3.8) is 0 Å². The van der Waals surface area contributed by atoms with Gasteiger partial charge in [0, 0.05) is 5.56 Å². The number of allylic oxidation sites excluding steroid dienone is 2. The third-order valence-electron chi connectivity index (χ3n) is 3.25. The number of rotatable bonds is 5. The molecule has 0 bridgehead atoms. The predicted octanol–water partition coefficient (Wildman–Crippen LogP) is 4.22. The van der Waals surface area contributed by atoms with Gasteiger partial charge in [-0.15, -0.1) is 13.2 Å². The van der Waals surface area contributed by atoms with Gasteiger partial charge in [-0.25, -0.2) is 0 Å². The third kappa shape index (κ3) is 2.75. The minimum atomic E-state index is 0.263. The van der Waals surface area contributed by atoms with Gasteiger partial charge in [0.25, 0.3) is 0 Å². The van der Waals surface area contributed by atoms with Crippen LogP contribution in [0.25, 0.3) is 11.1 Å². The van der Waals surface area contributed by atoms with Gasteiger partial charge in [-0.2, -0.15) is 0 Å². The fourth-order valence-corrected chi connectivity index (χ4v) is 2.28. The molecule has 2 heteroatoms. The Labute approximate surface area is 119 Å². The molecular weight excluding hydrogens is 248 g/mol. The summed E-state index contributed by atoms with van der Waals surface area (Å²) in [5.74, 6) is 0.528. The van der Waals surface area contributed by atoms with Crippen LogP contribution in [0.5, 0.6) is 11.5 Å². The maximum Gasteiger partial charge on any atom is 0.119 e. The molecule has 0 saturated heterocycles. The largest absolute Gasteiger partial charge is 0.508 e. The topological polar surface area (TPSA) is 40.5 Å². The fourth-order valence-electron chi connectivity index (χ4n) is 2.28. The van der Waals surface area contributed by atoms with Crippen LogP contribution in [0.1, 0.15) is 11.1 Å². The molecule has 20 heavy (non-hydrogen) atoms. The van der Waals surface area contributed by atoms with Crippen molar-refractivity contribution < 1.29 is 10.2 Å². The molecule has 0 fully saturated rings. The van der Waals surface area contributed by atoms with E-state index in [0.29, 0.717) is 12.8 Å². The maximum absolute atomic E-state index is 10.00. The summed E-state index contributed by atoms with van der Waals surface area (Å²) in [4.78, 5) is 0. The lowest BCUT2D eigenvalue weighted by Crippen LogP contribution is -1.91. The average molecular weight is 266 g/mol. The summed E-state index contributed by atoms with van der Waals surface area (Å²) >= 11 is 0. The van der Waals surface area contributed by atoms with E-state index in [4.69, 9.17) is 0 Å². The second-order valence-corrected chi connectivity index (χ2v) is 4.63. The van der Waals surface area contributed by atoms with E-state index in [1.165, 1.54) is 0 Å². The van der Waals surface area contributed by atoms with E-state index in [1.807, 2.05) is 24.3 Å². The van der Waals surface area contributed by atoms with E-state index in [0.717, 1.165) is 22.3 Å². The second kappa shape index (κ2) is 6.11. The van der Waals surface area contributed by atoms with E-state index in [-0.39, 0.29) is 11.5 Å². The molecule has 0 heterocycles. The van der Waals surface area contributed by atoms with Crippen molar-refractivity contribution in [3.8, 4) is 22.6 Å². The van der Waals surface area contributed by atoms with Crippen LogP contribution in [-0.2, 0) is 12.8 Å². The van der Waals surface area contributed by atoms with Gasteiger partial charge >= 0.3 is 0 Å². The van der Waals surface area contributed by atoms with Crippen molar-refractivity contribution in [1.29, 1.82) is 0 Å². The predicted molar refractivity (Wildman–Crippen MR) is 83.0 cm³/mol. The molecule has 102 valence electrons. The average Bonchev–Trinajstić information content (AvgIpc) is 2.44. The van der Waals surface area contributed by atoms with Crippen molar-refractivity contribution in [2.75, 3.05) is 0 Å². The Bertz CT molecular complexity index is 642. The first-order chi connectivity index (χ1) is 9.67. The normalized spacial score (nSPS) is 10.2. The van der Waals surface area contributed by atoms with E-state index < -0.39 is 0 Å². The van der Waals surface area contributed by atoms with E-state index in [2.05, 4.69) is 13.2 Å². The molecule has 2 N–H and O–H groups in total. The highest BCUT2D eigenvalue weighted by molar-refractivity contribution is 5.71. The highest BCUT2D eigenvalue weighted by Gasteiger charge is 2.10. The number of benzene rings is 2. The van der Waals surface area contributed by atoms with Gasteiger partial charge in [-0.1, -0.05) is 30.4 Å². The highest BCUT2D eigenvalue weighted by Crippen LogP contribution is 2.33. The zero-order chi connectivity index (χ0) is 14.5. The van der Waals surface area contributed by atoms with Crippen molar-refractivity contribution >= 4 is 0 Å². The molecule has 2 aromatic rings. The molecule has 0 unspecified atom stereocenters. The Hall–Kier alpha value is -2.48. The van der Waals surface area contributed by atoms with Crippen LogP contribution in [0.2, 0.25) is 0 Å². The van der Waals surface area contributed by atoms with Crippen molar-refractivity contribution in [3.05, 3.63) is 72.8 Å². The molecule has 0 aliphatic rings. The molecule has 0 aliphatic heterocycles. The summed E-state index contributed by atoms with van der Waals surface area (Å²) in [5.41, 5.74) is 3.59. The number of hydrogen-bond donors (Lipinski definition) is 2. The minimum absolute atomic E-state index is 0.263. The zero-order valence-electron chi connectivity index (χ0n) is 11.3. The summed E-state index contributed by atoms with van der Waals surface area (Å²) in [6.45, 7) is 7.42. The first-order valence-electron chi connectivity index (χ1n) is 6.52. The summed E-state index contributed by atoms with van der Waals surface area (Å²) in [5, 5.41) is 19.8. The summed E-state index contributed by atoms with van der Waals surface area (Å²) < 4.78 is 0. The van der Waals surface area contributed by atoms with E-state index in [1.54, 1.807) is 24.3 Å². The van der Waals surface area contributed by atoms with Gasteiger partial charge in [0.15, 0.2) is 0 Å². The number of phenolic OH excluding ortho intramolecular Hbond substituents is 2. The Morgan fingerprint density at radius 2 is 1.65 bits per heavy atom. The first-order valence-corrected chi connectivity index (χ1v) is 6.52. The number of aromatic hydroxyl groups is 2. The summed E-state index contributed by atoms with van der Waals surface area (Å²) in [6, 6.07) is 10.9. The lowest BCUT2D eigenvalue weighted by atomic mass is 9.94. The Morgan fingerprint density at radius 1 is 0.900 bits per heavy atom. The molecule has 2 rings (SSSR count). The standard InChI is InChI=1S/C18H18O2/c1-3-6-14-12-13(10-11-17(14)19)15-8-5-9-18(20)16(15)7-4-2/h3-5,8-12,19-20H,1-2,6-7H2. The van der Waals surface area contributed by atoms with Crippen LogP contribution in [0.4, 0.5) is 0 Å². The molecular formula is C18H18O2. The third-order valence-corrected chi connectivity index (χ3v) is 3.25. The quantitative estimate of drug-likeness (QED) is 0.795. The van der Waals surface area contributed by atoms with Crippen molar-refractivity contribution in [2.45, 2.75) is 12.8 Å². The lowest BCUT2D eigenvalue weighted by Gasteiger charge is -2.12. The van der Waals surface area contributed by atoms with Crippen LogP contribution in [-0.4, -0.2) is 10.2 Å². The van der Waals surface area contributed by atoms with Gasteiger partial charge in [0.2, 0.25) is 0 Å². The number of hydrogen-bond acceptors (Lipinski definition) is 2. The van der Waals surface area contributed by atoms with Crippen LogP contribution >= 0.6 is 0 Å². The molecule has 0 spiro atoms. The molecule has 0 aliphatic carbocycles. The van der Waals surface area contributed by atoms with Gasteiger partial charge in [-0.05, 0) is 47.7 Å². The molecule has 2 aromatic carbocycles. The minimum Gasteiger partial charge on any atom is -0.508 e. The van der Waals surface area contributed by atoms with Crippen LogP contribution in [0, 0.1) is 0 Å². The Balaban J connectivity index is 2.56. The van der Waals surface area contributed by atoms with E-state index in [9.17, 15) is 10.2 Å². The van der Waals surface area contributed by atoms with Gasteiger partial charge in [0.05, 0.1) is 0 Å². The first kappa shape index (κ1) is 13.9. The summed E-state index contributed by atoms with van der Waals surface area (Å²) in [6.07, 6.45) is 4.73. The van der Waals surface area contributed by atoms with Gasteiger partial charge in [-0.3, -0.25) is 0 Å². The summed E-state index contributed by atoms with van der Waals surface area (Å²) in [7, 11) is 0. The van der Waals surface area contributed by atoms with Gasteiger partial charge in [0.1, 0.15) is 11.5 Å². The molecule has 0 atom stereocenters. The smallest absolute Gasteiger partial charge is 0.119 e. The van der Waals surface area contributed by atoms with Crippen LogP contribution in [0.15, 0.2) is 61.7 Å². The number of phenols is 2. The molecule has 2 nitrogen and oxygen atoms in total. The molecule has 0 radical (unpaired) electrons. The Morgan fingerprint density at radius 3 is 2.35 bits per heavy atom. The Kier molecular flexibility index (Phi) is 4.26. The van der Waals surface area contributed by atoms with Crippen LogP contribution < -0.4 is 0 Å². The molecule has 0 amide bonds. The molecule has 0 saturated carbocycles. The maximum atomic E-state index is 10.00.